The number of nitrogens with one attached hydrogen (secondary N) is 1. The van der Waals surface area contributed by atoms with Gasteiger partial charge in [-0.2, -0.15) is 0 Å². The molecule has 0 amide bonds. The van der Waals surface area contributed by atoms with Crippen LogP contribution in [0.3, 0.4) is 0 Å². The molecule has 2 aliphatic carbocycles. The average Bonchev–Trinajstić information content (AvgIpc) is 2.95. The van der Waals surface area contributed by atoms with Crippen molar-refractivity contribution in [3.63, 3.8) is 0 Å². The van der Waals surface area contributed by atoms with Crippen LogP contribution in [0.4, 0.5) is 0 Å². The van der Waals surface area contributed by atoms with Gasteiger partial charge in [0.25, 0.3) is 0 Å². The first-order chi connectivity index (χ1) is 8.83. The fourth-order valence-electron chi connectivity index (χ4n) is 3.12. The summed E-state index contributed by atoms with van der Waals surface area (Å²) >= 11 is 0. The van der Waals surface area contributed by atoms with Crippen LogP contribution >= 0.6 is 0 Å². The fraction of sp³-hybridized carbons (Fsp3) is 0.786. The minimum Gasteiger partial charge on any atom is -0.396 e. The molecular formula is C14H23N3O. The van der Waals surface area contributed by atoms with Gasteiger partial charge in [0.15, 0.2) is 0 Å². The van der Waals surface area contributed by atoms with E-state index in [9.17, 15) is 5.11 Å². The third-order valence-electron chi connectivity index (χ3n) is 4.49. The lowest BCUT2D eigenvalue weighted by Crippen LogP contribution is -2.35. The van der Waals surface area contributed by atoms with Gasteiger partial charge in [0.05, 0.1) is 12.0 Å². The maximum absolute atomic E-state index is 9.57. The number of nitrogens with zero attached hydrogens (tertiary/aromatic N) is 2. The van der Waals surface area contributed by atoms with Crippen molar-refractivity contribution in [2.45, 2.75) is 51.1 Å². The SMILES string of the molecule is OCC1(CNCc2cncn2C2CC2)CCCC1. The number of aliphatic hydroxyl groups is 1. The van der Waals surface area contributed by atoms with Gasteiger partial charge in [-0.3, -0.25) is 0 Å². The molecule has 0 spiro atoms. The third kappa shape index (κ3) is 2.45. The number of imidazole rings is 1. The molecule has 18 heavy (non-hydrogen) atoms. The number of hydrogen-bond acceptors (Lipinski definition) is 3. The van der Waals surface area contributed by atoms with Gasteiger partial charge in [0.1, 0.15) is 0 Å². The molecule has 0 bridgehead atoms. The molecule has 0 unspecified atom stereocenters. The lowest BCUT2D eigenvalue weighted by molar-refractivity contribution is 0.128. The number of aliphatic hydroxyl groups excluding tert-OH is 1. The first kappa shape index (κ1) is 12.2. The Bertz CT molecular complexity index is 391. The van der Waals surface area contributed by atoms with Crippen LogP contribution in [0.1, 0.15) is 50.3 Å². The molecule has 1 aromatic rings. The summed E-state index contributed by atoms with van der Waals surface area (Å²) in [5.41, 5.74) is 1.42. The van der Waals surface area contributed by atoms with Crippen LogP contribution in [-0.2, 0) is 6.54 Å². The van der Waals surface area contributed by atoms with Gasteiger partial charge < -0.3 is 15.0 Å². The Morgan fingerprint density at radius 2 is 2.17 bits per heavy atom. The van der Waals surface area contributed by atoms with Crippen molar-refractivity contribution in [3.05, 3.63) is 18.2 Å². The number of hydrogen-bond donors (Lipinski definition) is 2. The molecule has 1 aromatic heterocycles. The summed E-state index contributed by atoms with van der Waals surface area (Å²) in [6, 6.07) is 0.697. The molecule has 0 radical (unpaired) electrons. The zero-order valence-corrected chi connectivity index (χ0v) is 10.9. The topological polar surface area (TPSA) is 50.1 Å². The Morgan fingerprint density at radius 3 is 2.83 bits per heavy atom. The van der Waals surface area contributed by atoms with E-state index in [-0.39, 0.29) is 5.41 Å². The number of aromatic nitrogens is 2. The molecule has 2 fully saturated rings. The van der Waals surface area contributed by atoms with Gasteiger partial charge in [0.2, 0.25) is 0 Å². The van der Waals surface area contributed by atoms with Crippen molar-refractivity contribution in [2.24, 2.45) is 5.41 Å². The molecular weight excluding hydrogens is 226 g/mol. The van der Waals surface area contributed by atoms with E-state index in [0.29, 0.717) is 12.6 Å². The Labute approximate surface area is 108 Å². The fourth-order valence-corrected chi connectivity index (χ4v) is 3.12. The van der Waals surface area contributed by atoms with E-state index in [4.69, 9.17) is 0 Å². The van der Waals surface area contributed by atoms with Crippen molar-refractivity contribution in [2.75, 3.05) is 13.2 Å². The third-order valence-corrected chi connectivity index (χ3v) is 4.49. The highest BCUT2D eigenvalue weighted by atomic mass is 16.3. The van der Waals surface area contributed by atoms with Gasteiger partial charge in [0, 0.05) is 37.4 Å². The van der Waals surface area contributed by atoms with E-state index < -0.39 is 0 Å². The van der Waals surface area contributed by atoms with Gasteiger partial charge in [-0.05, 0) is 25.7 Å². The van der Waals surface area contributed by atoms with E-state index in [2.05, 4.69) is 14.9 Å². The van der Waals surface area contributed by atoms with E-state index >= 15 is 0 Å². The largest absolute Gasteiger partial charge is 0.396 e. The second kappa shape index (κ2) is 5.02. The monoisotopic (exact) mass is 249 g/mol. The highest BCUT2D eigenvalue weighted by Gasteiger charge is 2.32. The molecule has 2 N–H and O–H groups in total. The summed E-state index contributed by atoms with van der Waals surface area (Å²) in [5.74, 6) is 0. The summed E-state index contributed by atoms with van der Waals surface area (Å²) in [6.45, 7) is 2.12. The van der Waals surface area contributed by atoms with E-state index in [0.717, 1.165) is 13.1 Å². The van der Waals surface area contributed by atoms with Crippen LogP contribution in [0.25, 0.3) is 0 Å². The predicted molar refractivity (Wildman–Crippen MR) is 70.2 cm³/mol. The molecule has 0 atom stereocenters. The quantitative estimate of drug-likeness (QED) is 0.809. The van der Waals surface area contributed by atoms with E-state index in [1.807, 2.05) is 12.5 Å². The highest BCUT2D eigenvalue weighted by Crippen LogP contribution is 2.37. The lowest BCUT2D eigenvalue weighted by atomic mass is 9.87. The average molecular weight is 249 g/mol. The van der Waals surface area contributed by atoms with Gasteiger partial charge in [-0.15, -0.1) is 0 Å². The smallest absolute Gasteiger partial charge is 0.0951 e. The normalized spacial score (nSPS) is 22.5. The lowest BCUT2D eigenvalue weighted by Gasteiger charge is -2.26. The second-order valence-electron chi connectivity index (χ2n) is 5.99. The van der Waals surface area contributed by atoms with Crippen LogP contribution in [0.5, 0.6) is 0 Å². The summed E-state index contributed by atoms with van der Waals surface area (Å²) in [6.07, 6.45) is 11.4. The van der Waals surface area contributed by atoms with Crippen molar-refractivity contribution >= 4 is 0 Å². The Morgan fingerprint density at radius 1 is 1.39 bits per heavy atom. The van der Waals surface area contributed by atoms with Gasteiger partial charge >= 0.3 is 0 Å². The Hall–Kier alpha value is -0.870. The maximum Gasteiger partial charge on any atom is 0.0951 e. The minimum atomic E-state index is 0.143. The molecule has 2 aliphatic rings. The van der Waals surface area contributed by atoms with E-state index in [1.54, 1.807) is 0 Å². The first-order valence-corrected chi connectivity index (χ1v) is 7.15. The van der Waals surface area contributed by atoms with Crippen LogP contribution < -0.4 is 5.32 Å². The predicted octanol–water partition coefficient (Wildman–Crippen LogP) is 1.86. The molecule has 3 rings (SSSR count). The highest BCUT2D eigenvalue weighted by molar-refractivity contribution is 5.03. The van der Waals surface area contributed by atoms with Gasteiger partial charge in [-0.1, -0.05) is 12.8 Å². The second-order valence-corrected chi connectivity index (χ2v) is 5.99. The number of rotatable bonds is 6. The van der Waals surface area contributed by atoms with Crippen LogP contribution in [-0.4, -0.2) is 27.8 Å². The molecule has 1 heterocycles. The molecule has 0 aliphatic heterocycles. The van der Waals surface area contributed by atoms with Crippen molar-refractivity contribution in [1.29, 1.82) is 0 Å². The summed E-state index contributed by atoms with van der Waals surface area (Å²) in [5, 5.41) is 13.1. The van der Waals surface area contributed by atoms with Gasteiger partial charge in [-0.25, -0.2) is 4.98 Å². The molecule has 0 aromatic carbocycles. The molecule has 100 valence electrons. The molecule has 4 heteroatoms. The molecule has 0 saturated heterocycles. The maximum atomic E-state index is 9.57. The van der Waals surface area contributed by atoms with E-state index in [1.165, 1.54) is 44.2 Å². The van der Waals surface area contributed by atoms with Crippen molar-refractivity contribution in [1.82, 2.24) is 14.9 Å². The molecule has 4 nitrogen and oxygen atoms in total. The van der Waals surface area contributed by atoms with Crippen molar-refractivity contribution in [3.8, 4) is 0 Å². The van der Waals surface area contributed by atoms with Crippen molar-refractivity contribution < 1.29 is 5.11 Å². The summed E-state index contributed by atoms with van der Waals surface area (Å²) in [4.78, 5) is 4.24. The first-order valence-electron chi connectivity index (χ1n) is 7.15. The molecule has 2 saturated carbocycles. The minimum absolute atomic E-state index is 0.143. The summed E-state index contributed by atoms with van der Waals surface area (Å²) in [7, 11) is 0. The zero-order chi connectivity index (χ0) is 12.4. The standard InChI is InChI=1S/C14H23N3O/c18-10-14(5-1-2-6-14)9-15-7-13-8-16-11-17(13)12-3-4-12/h8,11-12,15,18H,1-7,9-10H2. The van der Waals surface area contributed by atoms with Crippen LogP contribution in [0.2, 0.25) is 0 Å². The Balaban J connectivity index is 1.53. The van der Waals surface area contributed by atoms with Crippen LogP contribution in [0.15, 0.2) is 12.5 Å². The van der Waals surface area contributed by atoms with Crippen LogP contribution in [0, 0.1) is 5.41 Å². The Kier molecular flexibility index (Phi) is 3.39. The zero-order valence-electron chi connectivity index (χ0n) is 10.9. The summed E-state index contributed by atoms with van der Waals surface area (Å²) < 4.78 is 2.30.